The number of hydrogen-bond acceptors (Lipinski definition) is 5. The molecule has 5 nitrogen and oxygen atoms in total. The van der Waals surface area contributed by atoms with E-state index in [4.69, 9.17) is 9.47 Å². The predicted octanol–water partition coefficient (Wildman–Crippen LogP) is 4.31. The molecular formula is C29H24O5. The molecule has 0 amide bonds. The van der Waals surface area contributed by atoms with Crippen LogP contribution < -0.4 is 0 Å². The SMILES string of the molecule is Cc1ccc(C#Cc2ccc(C(=O)OC[C@]3(CO)C/C(=C\c4ccccc4)C(=O)O3)cc2)cc1. The molecule has 1 heterocycles. The number of ether oxygens (including phenoxy) is 2. The van der Waals surface area contributed by atoms with Crippen LogP contribution in [0.2, 0.25) is 0 Å². The van der Waals surface area contributed by atoms with Crippen molar-refractivity contribution in [2.24, 2.45) is 0 Å². The molecule has 3 aromatic rings. The van der Waals surface area contributed by atoms with Gasteiger partial charge in [0.1, 0.15) is 6.61 Å². The highest BCUT2D eigenvalue weighted by molar-refractivity contribution is 5.96. The molecule has 0 unspecified atom stereocenters. The van der Waals surface area contributed by atoms with E-state index in [2.05, 4.69) is 11.8 Å². The smallest absolute Gasteiger partial charge is 0.338 e. The lowest BCUT2D eigenvalue weighted by Gasteiger charge is -2.24. The standard InChI is InChI=1S/C29H24O5/c1-21-7-9-22(10-8-21)11-12-23-13-15-25(16-14-23)27(31)33-20-29(19-30)18-26(28(32)34-29)17-24-5-3-2-4-6-24/h2-10,13-17,30H,18-20H2,1H3/b26-17+/t29-/m1/s1. The first-order valence-electron chi connectivity index (χ1n) is 10.9. The fourth-order valence-electron chi connectivity index (χ4n) is 3.54. The Hall–Kier alpha value is -4.14. The van der Waals surface area contributed by atoms with E-state index in [1.807, 2.05) is 61.5 Å². The van der Waals surface area contributed by atoms with E-state index in [1.54, 1.807) is 30.3 Å². The molecule has 4 rings (SSSR count). The Balaban J connectivity index is 1.38. The zero-order valence-corrected chi connectivity index (χ0v) is 18.8. The second kappa shape index (κ2) is 10.2. The van der Waals surface area contributed by atoms with Gasteiger partial charge in [-0.15, -0.1) is 0 Å². The average Bonchev–Trinajstić information content (AvgIpc) is 3.18. The topological polar surface area (TPSA) is 72.8 Å². The van der Waals surface area contributed by atoms with Crippen molar-refractivity contribution in [1.82, 2.24) is 0 Å². The van der Waals surface area contributed by atoms with E-state index < -0.39 is 24.1 Å². The number of carbonyl (C=O) groups is 2. The Morgan fingerprint density at radius 3 is 2.24 bits per heavy atom. The van der Waals surface area contributed by atoms with Crippen molar-refractivity contribution in [3.63, 3.8) is 0 Å². The van der Waals surface area contributed by atoms with Crippen molar-refractivity contribution < 1.29 is 24.2 Å². The molecule has 1 N–H and O–H groups in total. The number of cyclic esters (lactones) is 1. The number of benzene rings is 3. The predicted molar refractivity (Wildman–Crippen MR) is 129 cm³/mol. The maximum absolute atomic E-state index is 12.5. The maximum Gasteiger partial charge on any atom is 0.338 e. The molecule has 1 saturated heterocycles. The van der Waals surface area contributed by atoms with Crippen molar-refractivity contribution >= 4 is 18.0 Å². The summed E-state index contributed by atoms with van der Waals surface area (Å²) < 4.78 is 10.8. The molecule has 1 aliphatic heterocycles. The van der Waals surface area contributed by atoms with Gasteiger partial charge in [0.25, 0.3) is 0 Å². The van der Waals surface area contributed by atoms with Crippen molar-refractivity contribution in [1.29, 1.82) is 0 Å². The van der Waals surface area contributed by atoms with Crippen LogP contribution in [0, 0.1) is 18.8 Å². The van der Waals surface area contributed by atoms with Gasteiger partial charge in [0.15, 0.2) is 5.60 Å². The summed E-state index contributed by atoms with van der Waals surface area (Å²) in [5.41, 5.74) is 3.19. The molecule has 5 heteroatoms. The van der Waals surface area contributed by atoms with Crippen LogP contribution in [-0.4, -0.2) is 35.9 Å². The highest BCUT2D eigenvalue weighted by Crippen LogP contribution is 2.32. The minimum atomic E-state index is -1.28. The van der Waals surface area contributed by atoms with Gasteiger partial charge in [-0.25, -0.2) is 9.59 Å². The molecular weight excluding hydrogens is 428 g/mol. The molecule has 1 atom stereocenters. The van der Waals surface area contributed by atoms with Crippen molar-refractivity contribution in [2.75, 3.05) is 13.2 Å². The molecule has 0 aliphatic carbocycles. The third-order valence-electron chi connectivity index (χ3n) is 5.50. The van der Waals surface area contributed by atoms with Crippen molar-refractivity contribution in [3.8, 4) is 11.8 Å². The van der Waals surface area contributed by atoms with Gasteiger partial charge in [-0.05, 0) is 55.0 Å². The quantitative estimate of drug-likeness (QED) is 0.355. The number of esters is 2. The number of aliphatic hydroxyl groups excluding tert-OH is 1. The normalized spacial score (nSPS) is 18.2. The first-order valence-corrected chi connectivity index (χ1v) is 10.9. The lowest BCUT2D eigenvalue weighted by molar-refractivity contribution is -0.154. The molecule has 0 saturated carbocycles. The van der Waals surface area contributed by atoms with Gasteiger partial charge < -0.3 is 14.6 Å². The summed E-state index contributed by atoms with van der Waals surface area (Å²) in [5, 5.41) is 9.90. The molecule has 1 fully saturated rings. The summed E-state index contributed by atoms with van der Waals surface area (Å²) in [7, 11) is 0. The van der Waals surface area contributed by atoms with E-state index in [9.17, 15) is 14.7 Å². The minimum Gasteiger partial charge on any atom is -0.458 e. The Morgan fingerprint density at radius 2 is 1.62 bits per heavy atom. The van der Waals surface area contributed by atoms with E-state index >= 15 is 0 Å². The molecule has 3 aromatic carbocycles. The van der Waals surface area contributed by atoms with E-state index in [-0.39, 0.29) is 13.0 Å². The summed E-state index contributed by atoms with van der Waals surface area (Å²) in [6.07, 6.45) is 1.87. The Bertz CT molecular complexity index is 1260. The highest BCUT2D eigenvalue weighted by atomic mass is 16.6. The maximum atomic E-state index is 12.5. The molecule has 0 aromatic heterocycles. The van der Waals surface area contributed by atoms with Crippen LogP contribution in [0.4, 0.5) is 0 Å². The molecule has 1 aliphatic rings. The number of aryl methyl sites for hydroxylation is 1. The third kappa shape index (κ3) is 5.61. The van der Waals surface area contributed by atoms with E-state index in [0.29, 0.717) is 11.1 Å². The van der Waals surface area contributed by atoms with Crippen LogP contribution in [0.25, 0.3) is 6.08 Å². The molecule has 0 radical (unpaired) electrons. The first-order chi connectivity index (χ1) is 16.5. The summed E-state index contributed by atoms with van der Waals surface area (Å²) in [5.74, 6) is 5.07. The largest absolute Gasteiger partial charge is 0.458 e. The Kier molecular flexibility index (Phi) is 6.91. The Morgan fingerprint density at radius 1 is 1.00 bits per heavy atom. The second-order valence-corrected chi connectivity index (χ2v) is 8.26. The molecule has 170 valence electrons. The van der Waals surface area contributed by atoms with Crippen molar-refractivity contribution in [3.05, 3.63) is 112 Å². The summed E-state index contributed by atoms with van der Waals surface area (Å²) >= 11 is 0. The van der Waals surface area contributed by atoms with Crippen LogP contribution in [0.1, 0.15) is 39.0 Å². The van der Waals surface area contributed by atoms with Gasteiger partial charge in [-0.1, -0.05) is 59.9 Å². The first kappa shape index (κ1) is 23.0. The zero-order valence-electron chi connectivity index (χ0n) is 18.8. The molecule has 0 spiro atoms. The lowest BCUT2D eigenvalue weighted by Crippen LogP contribution is -2.39. The number of aliphatic hydroxyl groups is 1. The summed E-state index contributed by atoms with van der Waals surface area (Å²) in [6.45, 7) is 1.33. The number of carbonyl (C=O) groups excluding carboxylic acids is 2. The van der Waals surface area contributed by atoms with Crippen LogP contribution in [0.3, 0.4) is 0 Å². The second-order valence-electron chi connectivity index (χ2n) is 8.26. The van der Waals surface area contributed by atoms with Crippen LogP contribution >= 0.6 is 0 Å². The van der Waals surface area contributed by atoms with Gasteiger partial charge in [0.2, 0.25) is 0 Å². The minimum absolute atomic E-state index is 0.151. The van der Waals surface area contributed by atoms with Crippen LogP contribution in [-0.2, 0) is 14.3 Å². The molecule has 0 bridgehead atoms. The number of hydrogen-bond donors (Lipinski definition) is 1. The van der Waals surface area contributed by atoms with Gasteiger partial charge in [-0.2, -0.15) is 0 Å². The lowest BCUT2D eigenvalue weighted by atomic mass is 9.98. The summed E-state index contributed by atoms with van der Waals surface area (Å²) in [6, 6.07) is 24.0. The van der Waals surface area contributed by atoms with E-state index in [0.717, 1.165) is 16.7 Å². The third-order valence-corrected chi connectivity index (χ3v) is 5.50. The van der Waals surface area contributed by atoms with Crippen LogP contribution in [0.5, 0.6) is 0 Å². The van der Waals surface area contributed by atoms with E-state index in [1.165, 1.54) is 5.56 Å². The van der Waals surface area contributed by atoms with Gasteiger partial charge in [0, 0.05) is 23.1 Å². The average molecular weight is 453 g/mol. The van der Waals surface area contributed by atoms with Gasteiger partial charge in [0.05, 0.1) is 12.2 Å². The fourth-order valence-corrected chi connectivity index (χ4v) is 3.54. The fraction of sp³-hybridized carbons (Fsp3) is 0.172. The zero-order chi connectivity index (χ0) is 24.0. The molecule has 34 heavy (non-hydrogen) atoms. The van der Waals surface area contributed by atoms with Crippen molar-refractivity contribution in [2.45, 2.75) is 18.9 Å². The highest BCUT2D eigenvalue weighted by Gasteiger charge is 2.44. The van der Waals surface area contributed by atoms with Gasteiger partial charge in [-0.3, -0.25) is 0 Å². The monoisotopic (exact) mass is 452 g/mol. The summed E-state index contributed by atoms with van der Waals surface area (Å²) in [4.78, 5) is 24.9. The Labute approximate surface area is 198 Å². The van der Waals surface area contributed by atoms with Crippen LogP contribution in [0.15, 0.2) is 84.4 Å². The van der Waals surface area contributed by atoms with Gasteiger partial charge >= 0.3 is 11.9 Å². The number of rotatable bonds is 5.